The molecule has 0 spiro atoms. The van der Waals surface area contributed by atoms with Crippen molar-refractivity contribution in [1.82, 2.24) is 16.0 Å². The van der Waals surface area contributed by atoms with Crippen LogP contribution in [-0.2, 0) is 14.4 Å². The van der Waals surface area contributed by atoms with Gasteiger partial charge in [0, 0.05) is 18.5 Å². The molecule has 8 nitrogen and oxygen atoms in total. The molecule has 4 N–H and O–H groups in total. The Kier molecular flexibility index (Phi) is 9.04. The van der Waals surface area contributed by atoms with E-state index in [9.17, 15) is 24.3 Å². The number of carboxylic acids is 1. The molecule has 178 valence electrons. The zero-order valence-corrected chi connectivity index (χ0v) is 19.6. The highest BCUT2D eigenvalue weighted by atomic mass is 32.2. The summed E-state index contributed by atoms with van der Waals surface area (Å²) >= 11 is 1.51. The van der Waals surface area contributed by atoms with Crippen molar-refractivity contribution >= 4 is 41.1 Å². The van der Waals surface area contributed by atoms with Crippen LogP contribution in [0.5, 0.6) is 0 Å². The Morgan fingerprint density at radius 3 is 2.62 bits per heavy atom. The number of carboxylic acid groups (broad SMARTS) is 1. The summed E-state index contributed by atoms with van der Waals surface area (Å²) in [6.07, 6.45) is 3.06. The van der Waals surface area contributed by atoms with Gasteiger partial charge in [-0.3, -0.25) is 14.9 Å². The maximum atomic E-state index is 13.1. The molecule has 0 saturated carbocycles. The van der Waals surface area contributed by atoms with Crippen molar-refractivity contribution in [1.29, 1.82) is 0 Å². The van der Waals surface area contributed by atoms with Gasteiger partial charge in [-0.1, -0.05) is 36.4 Å². The van der Waals surface area contributed by atoms with Gasteiger partial charge in [-0.15, -0.1) is 0 Å². The fraction of sp³-hybridized carbons (Fsp3) is 0.320. The molecular weight excluding hydrogens is 454 g/mol. The second-order valence-corrected chi connectivity index (χ2v) is 8.88. The predicted molar refractivity (Wildman–Crippen MR) is 132 cm³/mol. The molecule has 1 aliphatic heterocycles. The van der Waals surface area contributed by atoms with Crippen molar-refractivity contribution < 1.29 is 24.3 Å². The molecule has 1 fully saturated rings. The maximum Gasteiger partial charge on any atom is 0.326 e. The SMILES string of the molecule is CSCC[C@H](NC(=O)c1ccc(C(=C=O)CN[C@@H]2CCC(=O)N2)cc1-c1ccccc1)C(=O)O. The molecule has 3 rings (SSSR count). The second-order valence-electron chi connectivity index (χ2n) is 7.89. The molecule has 9 heteroatoms. The zero-order chi connectivity index (χ0) is 24.5. The van der Waals surface area contributed by atoms with Crippen LogP contribution in [0.1, 0.15) is 35.2 Å². The molecule has 1 heterocycles. The van der Waals surface area contributed by atoms with E-state index in [1.54, 1.807) is 18.2 Å². The van der Waals surface area contributed by atoms with E-state index >= 15 is 0 Å². The van der Waals surface area contributed by atoms with Gasteiger partial charge in [-0.25, -0.2) is 9.59 Å². The Hall–Kier alpha value is -3.39. The Morgan fingerprint density at radius 1 is 1.24 bits per heavy atom. The standard InChI is InChI=1S/C25H27N3O5S/c1-34-12-11-21(25(32)33)27-24(31)19-8-7-17(13-20(19)16-5-3-2-4-6-16)18(15-29)14-26-22-9-10-23(30)28-22/h2-8,13,21-22,26H,9-12,14H2,1H3,(H,27,31)(H,28,30)(H,32,33)/t21-,22-/m0/s1. The molecule has 2 atom stereocenters. The lowest BCUT2D eigenvalue weighted by Crippen LogP contribution is -2.41. The second kappa shape index (κ2) is 12.2. The summed E-state index contributed by atoms with van der Waals surface area (Å²) in [4.78, 5) is 47.8. The average molecular weight is 482 g/mol. The lowest BCUT2D eigenvalue weighted by Gasteiger charge is -2.17. The van der Waals surface area contributed by atoms with Crippen molar-refractivity contribution in [2.45, 2.75) is 31.5 Å². The number of benzene rings is 2. The molecule has 0 bridgehead atoms. The summed E-state index contributed by atoms with van der Waals surface area (Å²) in [5, 5.41) is 18.0. The average Bonchev–Trinajstić information content (AvgIpc) is 3.27. The van der Waals surface area contributed by atoms with Crippen LogP contribution in [0.4, 0.5) is 0 Å². The number of nitrogens with one attached hydrogen (secondary N) is 3. The fourth-order valence-electron chi connectivity index (χ4n) is 3.71. The van der Waals surface area contributed by atoms with Crippen molar-refractivity contribution in [3.05, 3.63) is 59.7 Å². The molecule has 2 aromatic carbocycles. The summed E-state index contributed by atoms with van der Waals surface area (Å²) in [5.41, 5.74) is 2.58. The summed E-state index contributed by atoms with van der Waals surface area (Å²) in [5.74, 6) is 0.944. The molecule has 1 aliphatic rings. The smallest absolute Gasteiger partial charge is 0.326 e. The first-order valence-electron chi connectivity index (χ1n) is 10.9. The molecule has 0 radical (unpaired) electrons. The van der Waals surface area contributed by atoms with Crippen LogP contribution in [0.3, 0.4) is 0 Å². The Bertz CT molecular complexity index is 1100. The Morgan fingerprint density at radius 2 is 2.00 bits per heavy atom. The van der Waals surface area contributed by atoms with E-state index < -0.39 is 17.9 Å². The Balaban J connectivity index is 1.88. The van der Waals surface area contributed by atoms with E-state index in [0.717, 1.165) is 5.56 Å². The molecule has 0 aromatic heterocycles. The first-order chi connectivity index (χ1) is 16.4. The molecule has 0 aliphatic carbocycles. The minimum absolute atomic E-state index is 0.0342. The van der Waals surface area contributed by atoms with E-state index in [0.29, 0.717) is 47.3 Å². The van der Waals surface area contributed by atoms with E-state index in [-0.39, 0.29) is 18.6 Å². The number of rotatable bonds is 11. The third kappa shape index (κ3) is 6.57. The number of hydrogen-bond acceptors (Lipinski definition) is 6. The zero-order valence-electron chi connectivity index (χ0n) is 18.8. The highest BCUT2D eigenvalue weighted by molar-refractivity contribution is 7.98. The summed E-state index contributed by atoms with van der Waals surface area (Å²) < 4.78 is 0. The number of amides is 2. The molecule has 34 heavy (non-hydrogen) atoms. The van der Waals surface area contributed by atoms with E-state index in [2.05, 4.69) is 16.0 Å². The minimum Gasteiger partial charge on any atom is -0.480 e. The van der Waals surface area contributed by atoms with Gasteiger partial charge < -0.3 is 15.7 Å². The first-order valence-corrected chi connectivity index (χ1v) is 12.3. The lowest BCUT2D eigenvalue weighted by molar-refractivity contribution is -0.139. The molecule has 2 amide bonds. The molecule has 1 saturated heterocycles. The van der Waals surface area contributed by atoms with Gasteiger partial charge in [-0.05, 0) is 53.7 Å². The third-order valence-corrected chi connectivity index (χ3v) is 6.20. The number of thioether (sulfide) groups is 1. The van der Waals surface area contributed by atoms with Crippen molar-refractivity contribution in [3.63, 3.8) is 0 Å². The van der Waals surface area contributed by atoms with Gasteiger partial charge in [0.2, 0.25) is 5.91 Å². The lowest BCUT2D eigenvalue weighted by atomic mass is 9.94. The van der Waals surface area contributed by atoms with E-state index in [4.69, 9.17) is 0 Å². The Labute approximate surface area is 202 Å². The first kappa shape index (κ1) is 25.2. The van der Waals surface area contributed by atoms with Gasteiger partial charge in [0.15, 0.2) is 0 Å². The van der Waals surface area contributed by atoms with Gasteiger partial charge in [0.1, 0.15) is 12.0 Å². The summed E-state index contributed by atoms with van der Waals surface area (Å²) in [6.45, 7) is 0.198. The number of aliphatic carboxylic acids is 1. The van der Waals surface area contributed by atoms with Crippen LogP contribution in [-0.4, -0.2) is 59.6 Å². The van der Waals surface area contributed by atoms with E-state index in [1.807, 2.05) is 42.5 Å². The summed E-state index contributed by atoms with van der Waals surface area (Å²) in [7, 11) is 0. The molecular formula is C25H27N3O5S. The van der Waals surface area contributed by atoms with Crippen molar-refractivity contribution in [3.8, 4) is 11.1 Å². The topological polar surface area (TPSA) is 125 Å². The van der Waals surface area contributed by atoms with Crippen molar-refractivity contribution in [2.75, 3.05) is 18.6 Å². The van der Waals surface area contributed by atoms with Gasteiger partial charge in [-0.2, -0.15) is 11.8 Å². The third-order valence-electron chi connectivity index (χ3n) is 5.56. The molecule has 0 unspecified atom stereocenters. The maximum absolute atomic E-state index is 13.1. The van der Waals surface area contributed by atoms with Gasteiger partial charge in [0.25, 0.3) is 5.91 Å². The predicted octanol–water partition coefficient (Wildman–Crippen LogP) is 2.33. The quantitative estimate of drug-likeness (QED) is 0.363. The van der Waals surface area contributed by atoms with Crippen LogP contribution in [0, 0.1) is 0 Å². The highest BCUT2D eigenvalue weighted by Gasteiger charge is 2.23. The fourth-order valence-corrected chi connectivity index (χ4v) is 4.18. The van der Waals surface area contributed by atoms with Crippen LogP contribution < -0.4 is 16.0 Å². The number of hydrogen-bond donors (Lipinski definition) is 4. The highest BCUT2D eigenvalue weighted by Crippen LogP contribution is 2.27. The minimum atomic E-state index is -1.09. The van der Waals surface area contributed by atoms with Crippen LogP contribution >= 0.6 is 11.8 Å². The summed E-state index contributed by atoms with van der Waals surface area (Å²) in [6, 6.07) is 13.2. The van der Waals surface area contributed by atoms with Crippen LogP contribution in [0.25, 0.3) is 16.7 Å². The van der Waals surface area contributed by atoms with Crippen LogP contribution in [0.2, 0.25) is 0 Å². The number of carbonyl (C=O) groups is 3. The number of carbonyl (C=O) groups excluding carboxylic acids is 3. The van der Waals surface area contributed by atoms with Crippen LogP contribution in [0.15, 0.2) is 48.5 Å². The monoisotopic (exact) mass is 481 g/mol. The largest absolute Gasteiger partial charge is 0.480 e. The molecule has 2 aromatic rings. The van der Waals surface area contributed by atoms with Gasteiger partial charge in [0.05, 0.1) is 11.7 Å². The van der Waals surface area contributed by atoms with E-state index in [1.165, 1.54) is 11.8 Å². The normalized spacial score (nSPS) is 15.8. The van der Waals surface area contributed by atoms with Crippen molar-refractivity contribution in [2.24, 2.45) is 0 Å². The van der Waals surface area contributed by atoms with Gasteiger partial charge >= 0.3 is 5.97 Å².